The van der Waals surface area contributed by atoms with Crippen LogP contribution in [0.15, 0.2) is 84.1 Å². The average Bonchev–Trinajstić information content (AvgIpc) is 3.10. The first kappa shape index (κ1) is 39.2. The number of nitrogens with one attached hydrogen (secondary N) is 1. The van der Waals surface area contributed by atoms with E-state index in [0.717, 1.165) is 33.0 Å². The normalized spacial score (nSPS) is 13.4. The molecule has 0 aliphatic heterocycles. The summed E-state index contributed by atoms with van der Waals surface area (Å²) in [5.74, 6) is -3.51. The summed E-state index contributed by atoms with van der Waals surface area (Å²) in [5.41, 5.74) is 26.8. The number of amides is 2. The number of hydrogen-bond donors (Lipinski definition) is 6. The van der Waals surface area contributed by atoms with Gasteiger partial charge < -0.3 is 33.4 Å². The maximum absolute atomic E-state index is 14.2. The van der Waals surface area contributed by atoms with Crippen LogP contribution in [0.25, 0.3) is 10.8 Å². The van der Waals surface area contributed by atoms with Crippen LogP contribution in [-0.2, 0) is 38.4 Å². The quantitative estimate of drug-likeness (QED) is 0.0477. The third kappa shape index (κ3) is 11.5. The lowest BCUT2D eigenvalue weighted by atomic mass is 9.86. The zero-order valence-corrected chi connectivity index (χ0v) is 29.8. The van der Waals surface area contributed by atoms with Gasteiger partial charge in [-0.05, 0) is 96.3 Å². The van der Waals surface area contributed by atoms with E-state index in [1.54, 1.807) is 36.7 Å². The van der Waals surface area contributed by atoms with E-state index in [1.807, 2.05) is 56.3 Å². The standard InChI is InChI=1S/C40H49N7O5/c1-24-15-32(48)16-25(2)33(24)20-31(22-36(49)34(41)10-6-14-46-40(43)44)39(52)47-35(19-27-7-5-13-45-23-27)37(50)21-30(38(42)51)18-26-11-12-28-8-3-4-9-29(28)17-26/h3-5,7-9,11-13,15-17,23,30-31,34-35,48H,6,10,14,18-22,41H2,1-2H3,(H2,42,51)(H,47,52)(H4,43,44,46)/t30-,31-,34-,35+/m1/s1. The molecular weight excluding hydrogens is 658 g/mol. The average molecular weight is 708 g/mol. The molecule has 12 heteroatoms. The lowest BCUT2D eigenvalue weighted by molar-refractivity contribution is -0.133. The number of aryl methyl sites for hydroxylation is 2. The van der Waals surface area contributed by atoms with Crippen molar-refractivity contribution >= 4 is 40.1 Å². The summed E-state index contributed by atoms with van der Waals surface area (Å²) in [4.78, 5) is 62.5. The molecule has 0 aliphatic carbocycles. The Kier molecular flexibility index (Phi) is 14.0. The number of aliphatic imine (C=N–C) groups is 1. The first-order chi connectivity index (χ1) is 24.8. The monoisotopic (exact) mass is 707 g/mol. The van der Waals surface area contributed by atoms with Gasteiger partial charge in [0.2, 0.25) is 11.8 Å². The molecule has 10 N–H and O–H groups in total. The molecular formula is C40H49N7O5. The van der Waals surface area contributed by atoms with Crippen LogP contribution in [0.5, 0.6) is 5.75 Å². The molecule has 0 fully saturated rings. The highest BCUT2D eigenvalue weighted by atomic mass is 16.3. The summed E-state index contributed by atoms with van der Waals surface area (Å²) in [5, 5.41) is 15.1. The number of primary amides is 1. The van der Waals surface area contributed by atoms with Crippen LogP contribution in [0.2, 0.25) is 0 Å². The highest BCUT2D eigenvalue weighted by Gasteiger charge is 2.32. The summed E-state index contributed by atoms with van der Waals surface area (Å²) in [6.45, 7) is 3.95. The number of carbonyl (C=O) groups is 4. The van der Waals surface area contributed by atoms with Gasteiger partial charge in [-0.25, -0.2) is 0 Å². The SMILES string of the molecule is Cc1cc(O)cc(C)c1C[C@H](CC(=O)[C@H](N)CCCN=C(N)N)C(=O)N[C@@H](Cc1cccnc1)C(=O)C[C@@H](Cc1ccc2ccccc2c1)C(N)=O. The van der Waals surface area contributed by atoms with Gasteiger partial charge in [-0.3, -0.25) is 29.2 Å². The maximum Gasteiger partial charge on any atom is 0.224 e. The molecule has 0 saturated carbocycles. The number of ketones is 2. The fourth-order valence-corrected chi connectivity index (χ4v) is 6.47. The highest BCUT2D eigenvalue weighted by molar-refractivity contribution is 5.95. The van der Waals surface area contributed by atoms with Crippen LogP contribution in [0.1, 0.15) is 53.5 Å². The number of nitrogens with zero attached hydrogens (tertiary/aromatic N) is 2. The van der Waals surface area contributed by atoms with Crippen molar-refractivity contribution in [3.8, 4) is 5.75 Å². The second-order valence-corrected chi connectivity index (χ2v) is 13.5. The van der Waals surface area contributed by atoms with Crippen LogP contribution < -0.4 is 28.3 Å². The molecule has 0 aliphatic rings. The van der Waals surface area contributed by atoms with Crippen LogP contribution in [-0.4, -0.2) is 58.1 Å². The first-order valence-electron chi connectivity index (χ1n) is 17.4. The van der Waals surface area contributed by atoms with Gasteiger partial charge in [0.25, 0.3) is 0 Å². The number of aromatic nitrogens is 1. The van der Waals surface area contributed by atoms with Crippen molar-refractivity contribution in [2.24, 2.45) is 39.8 Å². The van der Waals surface area contributed by atoms with Crippen molar-refractivity contribution in [1.29, 1.82) is 0 Å². The molecule has 12 nitrogen and oxygen atoms in total. The van der Waals surface area contributed by atoms with E-state index >= 15 is 0 Å². The topological polar surface area (TPSA) is 230 Å². The minimum absolute atomic E-state index is 0.0532. The number of aromatic hydroxyl groups is 1. The van der Waals surface area contributed by atoms with E-state index in [4.69, 9.17) is 22.9 Å². The third-order valence-corrected chi connectivity index (χ3v) is 9.34. The van der Waals surface area contributed by atoms with Crippen molar-refractivity contribution in [2.45, 2.75) is 70.9 Å². The minimum atomic E-state index is -1.04. The number of hydrogen-bond acceptors (Lipinski definition) is 8. The Bertz CT molecular complexity index is 1890. The number of carbonyl (C=O) groups excluding carboxylic acids is 4. The Labute approximate surface area is 304 Å². The number of phenols is 1. The summed E-state index contributed by atoms with van der Waals surface area (Å²) in [6, 6.07) is 18.5. The van der Waals surface area contributed by atoms with Crippen molar-refractivity contribution in [2.75, 3.05) is 6.54 Å². The van der Waals surface area contributed by atoms with Crippen LogP contribution >= 0.6 is 0 Å². The Morgan fingerprint density at radius 1 is 0.808 bits per heavy atom. The predicted molar refractivity (Wildman–Crippen MR) is 202 cm³/mol. The number of rotatable bonds is 19. The molecule has 3 aromatic carbocycles. The van der Waals surface area contributed by atoms with Gasteiger partial charge in [0.05, 0.1) is 12.1 Å². The van der Waals surface area contributed by atoms with E-state index in [9.17, 15) is 24.3 Å². The third-order valence-electron chi connectivity index (χ3n) is 9.34. The van der Waals surface area contributed by atoms with Gasteiger partial charge >= 0.3 is 0 Å². The molecule has 4 aromatic rings. The zero-order valence-electron chi connectivity index (χ0n) is 29.8. The number of fused-ring (bicyclic) bond motifs is 1. The first-order valence-corrected chi connectivity index (χ1v) is 17.4. The lowest BCUT2D eigenvalue weighted by Gasteiger charge is -2.25. The second kappa shape index (κ2) is 18.6. The van der Waals surface area contributed by atoms with Gasteiger partial charge in [-0.15, -0.1) is 0 Å². The minimum Gasteiger partial charge on any atom is -0.508 e. The fraction of sp³-hybridized carbons (Fsp3) is 0.350. The van der Waals surface area contributed by atoms with E-state index in [2.05, 4.69) is 15.3 Å². The van der Waals surface area contributed by atoms with E-state index < -0.39 is 35.7 Å². The molecule has 1 aromatic heterocycles. The van der Waals surface area contributed by atoms with Crippen LogP contribution in [0, 0.1) is 25.7 Å². The van der Waals surface area contributed by atoms with Gasteiger partial charge in [-0.1, -0.05) is 48.5 Å². The predicted octanol–water partition coefficient (Wildman–Crippen LogP) is 3.09. The van der Waals surface area contributed by atoms with Gasteiger partial charge in [0.1, 0.15) is 11.5 Å². The summed E-state index contributed by atoms with van der Waals surface area (Å²) in [7, 11) is 0. The smallest absolute Gasteiger partial charge is 0.224 e. The Balaban J connectivity index is 1.58. The molecule has 1 heterocycles. The van der Waals surface area contributed by atoms with Crippen molar-refractivity contribution in [3.63, 3.8) is 0 Å². The molecule has 0 spiro atoms. The van der Waals surface area contributed by atoms with Crippen molar-refractivity contribution < 1.29 is 24.3 Å². The molecule has 2 amide bonds. The molecule has 0 saturated heterocycles. The molecule has 4 atom stereocenters. The van der Waals surface area contributed by atoms with Gasteiger partial charge in [0.15, 0.2) is 11.7 Å². The molecule has 52 heavy (non-hydrogen) atoms. The Hall–Kier alpha value is -5.62. The Morgan fingerprint density at radius 2 is 1.50 bits per heavy atom. The van der Waals surface area contributed by atoms with Crippen LogP contribution in [0.4, 0.5) is 0 Å². The van der Waals surface area contributed by atoms with Crippen molar-refractivity contribution in [1.82, 2.24) is 10.3 Å². The molecule has 274 valence electrons. The zero-order chi connectivity index (χ0) is 37.8. The molecule has 0 bridgehead atoms. The number of benzene rings is 3. The summed E-state index contributed by atoms with van der Waals surface area (Å²) >= 11 is 0. The molecule has 0 radical (unpaired) electrons. The number of pyridine rings is 1. The second-order valence-electron chi connectivity index (χ2n) is 13.5. The number of nitrogens with two attached hydrogens (primary N) is 4. The fourth-order valence-electron chi connectivity index (χ4n) is 6.47. The van der Waals surface area contributed by atoms with Crippen molar-refractivity contribution in [3.05, 3.63) is 107 Å². The number of Topliss-reactive ketones (excluding diaryl/α,β-unsaturated/α-hetero) is 2. The number of guanidine groups is 1. The highest BCUT2D eigenvalue weighted by Crippen LogP contribution is 2.26. The molecule has 0 unspecified atom stereocenters. The largest absolute Gasteiger partial charge is 0.508 e. The van der Waals surface area contributed by atoms with Crippen LogP contribution in [0.3, 0.4) is 0 Å². The summed E-state index contributed by atoms with van der Waals surface area (Å²) in [6.07, 6.45) is 4.14. The van der Waals surface area contributed by atoms with Gasteiger partial charge in [-0.2, -0.15) is 0 Å². The lowest BCUT2D eigenvalue weighted by Crippen LogP contribution is -2.47. The van der Waals surface area contributed by atoms with E-state index in [-0.39, 0.29) is 55.4 Å². The van der Waals surface area contributed by atoms with Gasteiger partial charge in [0, 0.05) is 50.0 Å². The van der Waals surface area contributed by atoms with E-state index in [0.29, 0.717) is 24.9 Å². The Morgan fingerprint density at radius 3 is 2.15 bits per heavy atom. The van der Waals surface area contributed by atoms with E-state index in [1.165, 1.54) is 0 Å². The maximum atomic E-state index is 14.2. The number of phenolic OH excluding ortho intramolecular Hbond substituents is 1. The summed E-state index contributed by atoms with van der Waals surface area (Å²) < 4.78 is 0. The molecule has 4 rings (SSSR count).